The molecular formula is C17H25N5O6. The van der Waals surface area contributed by atoms with E-state index in [9.17, 15) is 14.8 Å². The van der Waals surface area contributed by atoms with Crippen LogP contribution < -0.4 is 0 Å². The maximum atomic E-state index is 12.3. The van der Waals surface area contributed by atoms with Gasteiger partial charge in [-0.15, -0.1) is 10.2 Å². The summed E-state index contributed by atoms with van der Waals surface area (Å²) < 4.78 is 16.9. The second kappa shape index (κ2) is 6.89. The van der Waals surface area contributed by atoms with Crippen molar-refractivity contribution in [3.05, 3.63) is 11.8 Å². The van der Waals surface area contributed by atoms with Crippen LogP contribution in [0.5, 0.6) is 0 Å². The van der Waals surface area contributed by atoms with Crippen LogP contribution in [0.2, 0.25) is 0 Å². The number of fused-ring (bicyclic) bond motifs is 2. The summed E-state index contributed by atoms with van der Waals surface area (Å²) in [6, 6.07) is -1.000. The van der Waals surface area contributed by atoms with Gasteiger partial charge in [-0.3, -0.25) is 5.21 Å². The third-order valence-corrected chi connectivity index (χ3v) is 5.08. The maximum Gasteiger partial charge on any atom is 0.410 e. The van der Waals surface area contributed by atoms with Crippen LogP contribution in [-0.4, -0.2) is 80.3 Å². The molecule has 0 saturated carbocycles. The lowest BCUT2D eigenvalue weighted by molar-refractivity contribution is -0.0584. The highest BCUT2D eigenvalue weighted by atomic mass is 16.6. The van der Waals surface area contributed by atoms with E-state index in [1.165, 1.54) is 0 Å². The van der Waals surface area contributed by atoms with E-state index in [0.717, 1.165) is 5.06 Å². The van der Waals surface area contributed by atoms with Gasteiger partial charge >= 0.3 is 12.1 Å². The number of aromatic nitrogens is 2. The van der Waals surface area contributed by atoms with Crippen molar-refractivity contribution in [1.82, 2.24) is 25.1 Å². The summed E-state index contributed by atoms with van der Waals surface area (Å²) in [7, 11) is 0. The smallest absolute Gasteiger partial charge is 0.410 e. The van der Waals surface area contributed by atoms with E-state index in [-0.39, 0.29) is 24.5 Å². The van der Waals surface area contributed by atoms with E-state index in [0.29, 0.717) is 38.4 Å². The highest BCUT2D eigenvalue weighted by molar-refractivity contribution is 5.76. The predicted octanol–water partition coefficient (Wildman–Crippen LogP) is 1.71. The average molecular weight is 395 g/mol. The summed E-state index contributed by atoms with van der Waals surface area (Å²) in [5.41, 5.74) is -0.579. The topological polar surface area (TPSA) is 121 Å². The monoisotopic (exact) mass is 395 g/mol. The first-order valence-electron chi connectivity index (χ1n) is 9.44. The minimum Gasteiger partial charge on any atom is -0.444 e. The Hall–Kier alpha value is -2.40. The molecule has 0 aliphatic carbocycles. The van der Waals surface area contributed by atoms with Crippen LogP contribution in [0.3, 0.4) is 0 Å². The Morgan fingerprint density at radius 2 is 1.96 bits per heavy atom. The van der Waals surface area contributed by atoms with Gasteiger partial charge in [-0.25, -0.2) is 14.7 Å². The van der Waals surface area contributed by atoms with Crippen LogP contribution >= 0.6 is 0 Å². The Morgan fingerprint density at radius 3 is 2.71 bits per heavy atom. The summed E-state index contributed by atoms with van der Waals surface area (Å²) in [6.45, 7) is 6.88. The molecule has 3 fully saturated rings. The fraction of sp³-hybridized carbons (Fsp3) is 0.765. The largest absolute Gasteiger partial charge is 0.444 e. The van der Waals surface area contributed by atoms with Crippen LogP contribution in [0.25, 0.3) is 0 Å². The zero-order valence-corrected chi connectivity index (χ0v) is 16.2. The van der Waals surface area contributed by atoms with Crippen LogP contribution in [0.15, 0.2) is 4.42 Å². The highest BCUT2D eigenvalue weighted by Crippen LogP contribution is 2.37. The molecule has 4 heterocycles. The second-order valence-corrected chi connectivity index (χ2v) is 8.29. The molecule has 1 aromatic rings. The Balaban J connectivity index is 1.44. The Morgan fingerprint density at radius 1 is 1.21 bits per heavy atom. The van der Waals surface area contributed by atoms with Crippen LogP contribution in [0, 0.1) is 0 Å². The standard InChI is InChI=1S/C17H25N5O6/c1-17(2,3)28-16(24)20-6-7-26-12(9-20)14-19-18-13(27-14)11-5-4-10-8-21(11)15(23)22(10)25/h10-12,25H,4-9H2,1-3H3/t10-,11+,12?/m1/s1. The van der Waals surface area contributed by atoms with Gasteiger partial charge in [0, 0.05) is 13.1 Å². The maximum absolute atomic E-state index is 12.3. The summed E-state index contributed by atoms with van der Waals surface area (Å²) >= 11 is 0. The van der Waals surface area contributed by atoms with E-state index in [1.54, 1.807) is 9.80 Å². The molecule has 3 amide bonds. The lowest BCUT2D eigenvalue weighted by Crippen LogP contribution is -2.44. The molecule has 3 atom stereocenters. The Bertz CT molecular complexity index is 761. The van der Waals surface area contributed by atoms with Gasteiger partial charge in [0.15, 0.2) is 6.10 Å². The molecule has 2 bridgehead atoms. The molecule has 3 aliphatic heterocycles. The fourth-order valence-electron chi connectivity index (χ4n) is 3.71. The molecule has 1 unspecified atom stereocenters. The minimum atomic E-state index is -0.579. The quantitative estimate of drug-likeness (QED) is 0.751. The zero-order valence-electron chi connectivity index (χ0n) is 16.2. The van der Waals surface area contributed by atoms with Gasteiger partial charge in [0.1, 0.15) is 11.6 Å². The number of hydrogen-bond acceptors (Lipinski definition) is 8. The van der Waals surface area contributed by atoms with Crippen molar-refractivity contribution in [2.24, 2.45) is 0 Å². The van der Waals surface area contributed by atoms with Crippen LogP contribution in [0.1, 0.15) is 57.5 Å². The van der Waals surface area contributed by atoms with Crippen molar-refractivity contribution in [2.75, 3.05) is 26.2 Å². The van der Waals surface area contributed by atoms with Gasteiger partial charge in [-0.05, 0) is 33.6 Å². The first-order chi connectivity index (χ1) is 13.2. The molecule has 11 heteroatoms. The third-order valence-electron chi connectivity index (χ3n) is 5.08. The van der Waals surface area contributed by atoms with E-state index in [2.05, 4.69) is 10.2 Å². The average Bonchev–Trinajstić information content (AvgIpc) is 3.22. The van der Waals surface area contributed by atoms with E-state index < -0.39 is 23.8 Å². The van der Waals surface area contributed by atoms with Gasteiger partial charge < -0.3 is 23.7 Å². The molecule has 1 aromatic heterocycles. The van der Waals surface area contributed by atoms with Crippen molar-refractivity contribution < 1.29 is 28.7 Å². The number of amides is 3. The lowest BCUT2D eigenvalue weighted by Gasteiger charge is -2.33. The molecule has 28 heavy (non-hydrogen) atoms. The van der Waals surface area contributed by atoms with Crippen LogP contribution in [0.4, 0.5) is 9.59 Å². The Kier molecular flexibility index (Phi) is 4.66. The lowest BCUT2D eigenvalue weighted by atomic mass is 10.0. The van der Waals surface area contributed by atoms with Gasteiger partial charge in [-0.1, -0.05) is 0 Å². The summed E-state index contributed by atoms with van der Waals surface area (Å²) in [5, 5.41) is 18.8. The summed E-state index contributed by atoms with van der Waals surface area (Å²) in [5.74, 6) is 0.577. The van der Waals surface area contributed by atoms with Gasteiger partial charge in [0.05, 0.1) is 19.2 Å². The van der Waals surface area contributed by atoms with Crippen molar-refractivity contribution in [3.8, 4) is 0 Å². The first kappa shape index (κ1) is 18.9. The number of hydrogen-bond donors (Lipinski definition) is 1. The van der Waals surface area contributed by atoms with Gasteiger partial charge in [0.25, 0.3) is 0 Å². The molecule has 0 radical (unpaired) electrons. The first-order valence-corrected chi connectivity index (χ1v) is 9.44. The van der Waals surface area contributed by atoms with Crippen molar-refractivity contribution >= 4 is 12.1 Å². The number of carbonyl (C=O) groups is 2. The number of urea groups is 1. The Labute approximate surface area is 162 Å². The van der Waals surface area contributed by atoms with Crippen LogP contribution in [-0.2, 0) is 9.47 Å². The number of piperidine rings is 1. The van der Waals surface area contributed by atoms with Gasteiger partial charge in [0.2, 0.25) is 11.8 Å². The number of carbonyl (C=O) groups excluding carboxylic acids is 2. The predicted molar refractivity (Wildman–Crippen MR) is 92.3 cm³/mol. The van der Waals surface area contributed by atoms with Crippen molar-refractivity contribution in [1.29, 1.82) is 0 Å². The SMILES string of the molecule is CC(C)(C)OC(=O)N1CCOC(c2nnc([C@@H]3CC[C@@H]4CN3C(=O)N4O)o2)C1. The van der Waals surface area contributed by atoms with E-state index >= 15 is 0 Å². The fourth-order valence-corrected chi connectivity index (χ4v) is 3.71. The molecule has 0 aromatic carbocycles. The third kappa shape index (κ3) is 3.51. The number of hydroxylamine groups is 2. The highest BCUT2D eigenvalue weighted by Gasteiger charge is 2.46. The molecular weight excluding hydrogens is 370 g/mol. The number of morpholine rings is 1. The van der Waals surface area contributed by atoms with Crippen molar-refractivity contribution in [3.63, 3.8) is 0 Å². The molecule has 0 spiro atoms. The number of nitrogens with zero attached hydrogens (tertiary/aromatic N) is 5. The molecule has 11 nitrogen and oxygen atoms in total. The van der Waals surface area contributed by atoms with E-state index in [1.807, 2.05) is 20.8 Å². The molecule has 4 rings (SSSR count). The van der Waals surface area contributed by atoms with E-state index in [4.69, 9.17) is 13.9 Å². The minimum absolute atomic E-state index is 0.185. The number of ether oxygens (including phenoxy) is 2. The molecule has 3 saturated heterocycles. The summed E-state index contributed by atoms with van der Waals surface area (Å²) in [4.78, 5) is 27.5. The zero-order chi connectivity index (χ0) is 20.1. The molecule has 154 valence electrons. The van der Waals surface area contributed by atoms with Crippen molar-refractivity contribution in [2.45, 2.75) is 57.4 Å². The molecule has 1 N–H and O–H groups in total. The second-order valence-electron chi connectivity index (χ2n) is 8.29. The van der Waals surface area contributed by atoms with Gasteiger partial charge in [-0.2, -0.15) is 0 Å². The molecule has 3 aliphatic rings. The summed E-state index contributed by atoms with van der Waals surface area (Å²) in [6.07, 6.45) is 0.324. The normalized spacial score (nSPS) is 28.1. The number of rotatable bonds is 2.